The molecule has 6 heteroatoms. The SMILES string of the molecule is CC(C)N(Cc1ccccc1)C(=O)NCC1CCS(=O)(=O)C1. The molecule has 1 aliphatic rings. The number of rotatable bonds is 5. The van der Waals surface area contributed by atoms with Crippen molar-refractivity contribution in [2.75, 3.05) is 18.1 Å². The number of nitrogens with one attached hydrogen (secondary N) is 1. The van der Waals surface area contributed by atoms with E-state index < -0.39 is 9.84 Å². The highest BCUT2D eigenvalue weighted by atomic mass is 32.2. The number of hydrogen-bond donors (Lipinski definition) is 1. The van der Waals surface area contributed by atoms with Gasteiger partial charge in [0.05, 0.1) is 11.5 Å². The highest BCUT2D eigenvalue weighted by Crippen LogP contribution is 2.17. The van der Waals surface area contributed by atoms with Crippen LogP contribution in [0.25, 0.3) is 0 Å². The van der Waals surface area contributed by atoms with Crippen LogP contribution in [0.2, 0.25) is 0 Å². The standard InChI is InChI=1S/C16H24N2O3S/c1-13(2)18(11-14-6-4-3-5-7-14)16(19)17-10-15-8-9-22(20,21)12-15/h3-7,13,15H,8-12H2,1-2H3,(H,17,19). The first kappa shape index (κ1) is 16.8. The van der Waals surface area contributed by atoms with Gasteiger partial charge in [-0.25, -0.2) is 13.2 Å². The summed E-state index contributed by atoms with van der Waals surface area (Å²) in [5.74, 6) is 0.471. The topological polar surface area (TPSA) is 66.5 Å². The minimum Gasteiger partial charge on any atom is -0.338 e. The normalized spacial score (nSPS) is 20.0. The molecule has 1 aliphatic heterocycles. The fraction of sp³-hybridized carbons (Fsp3) is 0.562. The lowest BCUT2D eigenvalue weighted by atomic mass is 10.1. The monoisotopic (exact) mass is 324 g/mol. The molecule has 0 spiro atoms. The van der Waals surface area contributed by atoms with Crippen LogP contribution in [0.5, 0.6) is 0 Å². The van der Waals surface area contributed by atoms with Crippen molar-refractivity contribution in [2.24, 2.45) is 5.92 Å². The Morgan fingerprint density at radius 2 is 2.00 bits per heavy atom. The molecule has 0 saturated carbocycles. The Morgan fingerprint density at radius 3 is 2.55 bits per heavy atom. The van der Waals surface area contributed by atoms with Crippen LogP contribution in [0.3, 0.4) is 0 Å². The molecular formula is C16H24N2O3S. The van der Waals surface area contributed by atoms with Gasteiger partial charge in [-0.1, -0.05) is 30.3 Å². The van der Waals surface area contributed by atoms with E-state index in [2.05, 4.69) is 5.32 Å². The number of urea groups is 1. The summed E-state index contributed by atoms with van der Waals surface area (Å²) in [6.45, 7) is 4.93. The van der Waals surface area contributed by atoms with Crippen molar-refractivity contribution in [1.29, 1.82) is 0 Å². The molecule has 1 fully saturated rings. The van der Waals surface area contributed by atoms with Gasteiger partial charge in [-0.05, 0) is 31.7 Å². The number of sulfone groups is 1. The molecule has 1 aromatic carbocycles. The molecule has 1 atom stereocenters. The van der Waals surface area contributed by atoms with Crippen molar-refractivity contribution in [3.63, 3.8) is 0 Å². The molecule has 2 amide bonds. The van der Waals surface area contributed by atoms with E-state index in [1.807, 2.05) is 44.2 Å². The minimum atomic E-state index is -2.89. The molecule has 1 N–H and O–H groups in total. The summed E-state index contributed by atoms with van der Waals surface area (Å²) < 4.78 is 22.9. The van der Waals surface area contributed by atoms with Gasteiger partial charge in [-0.2, -0.15) is 0 Å². The van der Waals surface area contributed by atoms with E-state index in [0.29, 0.717) is 19.5 Å². The van der Waals surface area contributed by atoms with Crippen molar-refractivity contribution < 1.29 is 13.2 Å². The number of amides is 2. The molecule has 122 valence electrons. The van der Waals surface area contributed by atoms with E-state index in [0.717, 1.165) is 5.56 Å². The Kier molecular flexibility index (Phi) is 5.45. The van der Waals surface area contributed by atoms with Crippen LogP contribution in [0.4, 0.5) is 4.79 Å². The molecule has 0 aliphatic carbocycles. The van der Waals surface area contributed by atoms with Crippen molar-refractivity contribution in [3.05, 3.63) is 35.9 Å². The Morgan fingerprint density at radius 1 is 1.32 bits per heavy atom. The zero-order chi connectivity index (χ0) is 16.2. The number of carbonyl (C=O) groups excluding carboxylic acids is 1. The first-order valence-electron chi connectivity index (χ1n) is 7.66. The average Bonchev–Trinajstić information content (AvgIpc) is 2.82. The number of hydrogen-bond acceptors (Lipinski definition) is 3. The second kappa shape index (κ2) is 7.13. The molecule has 0 bridgehead atoms. The maximum Gasteiger partial charge on any atom is 0.317 e. The summed E-state index contributed by atoms with van der Waals surface area (Å²) >= 11 is 0. The smallest absolute Gasteiger partial charge is 0.317 e. The highest BCUT2D eigenvalue weighted by Gasteiger charge is 2.28. The van der Waals surface area contributed by atoms with Gasteiger partial charge in [-0.3, -0.25) is 0 Å². The molecule has 0 aromatic heterocycles. The molecule has 2 rings (SSSR count). The molecule has 1 aromatic rings. The minimum absolute atomic E-state index is 0.0414. The quantitative estimate of drug-likeness (QED) is 0.901. The predicted molar refractivity (Wildman–Crippen MR) is 87.3 cm³/mol. The summed E-state index contributed by atoms with van der Waals surface area (Å²) in [6, 6.07) is 9.78. The maximum atomic E-state index is 12.4. The summed E-state index contributed by atoms with van der Waals surface area (Å²) in [6.07, 6.45) is 0.642. The number of nitrogens with zero attached hydrogens (tertiary/aromatic N) is 1. The molecule has 5 nitrogen and oxygen atoms in total. The van der Waals surface area contributed by atoms with Crippen molar-refractivity contribution >= 4 is 15.9 Å². The Labute approximate surface area is 132 Å². The van der Waals surface area contributed by atoms with E-state index in [-0.39, 0.29) is 29.5 Å². The molecule has 1 unspecified atom stereocenters. The fourth-order valence-electron chi connectivity index (χ4n) is 2.64. The maximum absolute atomic E-state index is 12.4. The predicted octanol–water partition coefficient (Wildman–Crippen LogP) is 2.04. The number of benzene rings is 1. The van der Waals surface area contributed by atoms with E-state index in [9.17, 15) is 13.2 Å². The van der Waals surface area contributed by atoms with E-state index in [1.165, 1.54) is 0 Å². The van der Waals surface area contributed by atoms with Crippen LogP contribution in [0, 0.1) is 5.92 Å². The zero-order valence-corrected chi connectivity index (χ0v) is 14.0. The second-order valence-electron chi connectivity index (χ2n) is 6.16. The van der Waals surface area contributed by atoms with Gasteiger partial charge in [0.15, 0.2) is 9.84 Å². The van der Waals surface area contributed by atoms with Crippen LogP contribution in [0.1, 0.15) is 25.8 Å². The highest BCUT2D eigenvalue weighted by molar-refractivity contribution is 7.91. The molecule has 22 heavy (non-hydrogen) atoms. The third-order valence-electron chi connectivity index (χ3n) is 3.95. The van der Waals surface area contributed by atoms with Crippen LogP contribution < -0.4 is 5.32 Å². The summed E-state index contributed by atoms with van der Waals surface area (Å²) in [5, 5.41) is 2.89. The molecule has 1 saturated heterocycles. The first-order valence-corrected chi connectivity index (χ1v) is 9.48. The zero-order valence-electron chi connectivity index (χ0n) is 13.2. The van der Waals surface area contributed by atoms with Crippen molar-refractivity contribution in [3.8, 4) is 0 Å². The van der Waals surface area contributed by atoms with Gasteiger partial charge in [0.2, 0.25) is 0 Å². The van der Waals surface area contributed by atoms with Crippen LogP contribution in [-0.2, 0) is 16.4 Å². The first-order chi connectivity index (χ1) is 10.4. The largest absolute Gasteiger partial charge is 0.338 e. The summed E-state index contributed by atoms with van der Waals surface area (Å²) in [7, 11) is -2.89. The van der Waals surface area contributed by atoms with E-state index >= 15 is 0 Å². The lowest BCUT2D eigenvalue weighted by Gasteiger charge is -2.27. The van der Waals surface area contributed by atoms with Crippen molar-refractivity contribution in [1.82, 2.24) is 10.2 Å². The van der Waals surface area contributed by atoms with Crippen LogP contribution >= 0.6 is 0 Å². The Bertz CT molecular complexity index is 599. The van der Waals surface area contributed by atoms with Crippen molar-refractivity contribution in [2.45, 2.75) is 32.9 Å². The summed E-state index contributed by atoms with van der Waals surface area (Å²) in [5.41, 5.74) is 1.08. The van der Waals surface area contributed by atoms with Gasteiger partial charge < -0.3 is 10.2 Å². The average molecular weight is 324 g/mol. The van der Waals surface area contributed by atoms with Crippen LogP contribution in [0.15, 0.2) is 30.3 Å². The van der Waals surface area contributed by atoms with E-state index in [1.54, 1.807) is 4.90 Å². The lowest BCUT2D eigenvalue weighted by Crippen LogP contribution is -2.45. The fourth-order valence-corrected chi connectivity index (χ4v) is 4.50. The van der Waals surface area contributed by atoms with Gasteiger partial charge in [-0.15, -0.1) is 0 Å². The van der Waals surface area contributed by atoms with E-state index in [4.69, 9.17) is 0 Å². The Hall–Kier alpha value is -1.56. The lowest BCUT2D eigenvalue weighted by molar-refractivity contribution is 0.178. The molecule has 0 radical (unpaired) electrons. The van der Waals surface area contributed by atoms with Gasteiger partial charge >= 0.3 is 6.03 Å². The second-order valence-corrected chi connectivity index (χ2v) is 8.39. The van der Waals surface area contributed by atoms with Gasteiger partial charge in [0, 0.05) is 19.1 Å². The molecule has 1 heterocycles. The van der Waals surface area contributed by atoms with Gasteiger partial charge in [0.1, 0.15) is 0 Å². The third-order valence-corrected chi connectivity index (χ3v) is 5.79. The van der Waals surface area contributed by atoms with Gasteiger partial charge in [0.25, 0.3) is 0 Å². The number of carbonyl (C=O) groups is 1. The van der Waals surface area contributed by atoms with Crippen LogP contribution in [-0.4, -0.2) is 43.4 Å². The third kappa shape index (κ3) is 4.73. The molecular weight excluding hydrogens is 300 g/mol. The Balaban J connectivity index is 1.90. The summed E-state index contributed by atoms with van der Waals surface area (Å²) in [4.78, 5) is 14.1.